The van der Waals surface area contributed by atoms with E-state index in [1.807, 2.05) is 83.9 Å². The first-order valence-electron chi connectivity index (χ1n) is 18.5. The Hall–Kier alpha value is -5.25. The molecular formula is C43H45Cl2N7O2. The molecule has 1 atom stereocenters. The van der Waals surface area contributed by atoms with Crippen LogP contribution >= 0.6 is 23.2 Å². The Morgan fingerprint density at radius 2 is 1.65 bits per heavy atom. The van der Waals surface area contributed by atoms with Crippen LogP contribution in [-0.2, 0) is 0 Å². The molecule has 7 rings (SSSR count). The molecule has 3 amide bonds. The number of carbonyl (C=O) groups is 2. The van der Waals surface area contributed by atoms with Crippen molar-refractivity contribution in [1.29, 1.82) is 0 Å². The van der Waals surface area contributed by atoms with Gasteiger partial charge in [-0.3, -0.25) is 4.79 Å². The van der Waals surface area contributed by atoms with Gasteiger partial charge in [0.2, 0.25) is 0 Å². The summed E-state index contributed by atoms with van der Waals surface area (Å²) in [5.74, 6) is 0.324. The van der Waals surface area contributed by atoms with Crippen molar-refractivity contribution in [2.75, 3.05) is 36.4 Å². The summed E-state index contributed by atoms with van der Waals surface area (Å²) in [5, 5.41) is 8.44. The van der Waals surface area contributed by atoms with Gasteiger partial charge in [0.1, 0.15) is 5.69 Å². The molecule has 1 unspecified atom stereocenters. The number of amides is 3. The molecule has 5 aromatic rings. The molecule has 1 saturated carbocycles. The van der Waals surface area contributed by atoms with Crippen LogP contribution in [0.25, 0.3) is 22.2 Å². The van der Waals surface area contributed by atoms with E-state index in [9.17, 15) is 9.59 Å². The molecule has 0 spiro atoms. The number of hydrogen-bond acceptors (Lipinski definition) is 5. The molecule has 1 aliphatic carbocycles. The molecule has 0 radical (unpaired) electrons. The number of anilines is 2. The number of hydrogen-bond donors (Lipinski definition) is 3. The maximum absolute atomic E-state index is 14.7. The Labute approximate surface area is 326 Å². The number of pyridine rings is 1. The zero-order valence-corrected chi connectivity index (χ0v) is 32.1. The van der Waals surface area contributed by atoms with Gasteiger partial charge < -0.3 is 30.3 Å². The molecule has 2 aliphatic rings. The second-order valence-electron chi connectivity index (χ2n) is 14.0. The highest BCUT2D eigenvalue weighted by molar-refractivity contribution is 6.31. The molecular weight excluding hydrogens is 717 g/mol. The molecule has 3 N–H and O–H groups in total. The number of nitrogens with zero attached hydrogens (tertiary/aromatic N) is 4. The van der Waals surface area contributed by atoms with Crippen molar-refractivity contribution in [2.45, 2.75) is 51.6 Å². The summed E-state index contributed by atoms with van der Waals surface area (Å²) >= 11 is 12.8. The fourth-order valence-electron chi connectivity index (χ4n) is 7.65. The van der Waals surface area contributed by atoms with Gasteiger partial charge in [-0.2, -0.15) is 0 Å². The molecule has 278 valence electrons. The van der Waals surface area contributed by atoms with Gasteiger partial charge in [-0.1, -0.05) is 91.2 Å². The Kier molecular flexibility index (Phi) is 11.3. The number of aromatic nitrogens is 2. The highest BCUT2D eigenvalue weighted by atomic mass is 35.5. The molecule has 11 heteroatoms. The van der Waals surface area contributed by atoms with E-state index in [-0.39, 0.29) is 24.0 Å². The second-order valence-corrected chi connectivity index (χ2v) is 14.8. The lowest BCUT2D eigenvalue weighted by molar-refractivity contribution is 0.102. The van der Waals surface area contributed by atoms with Gasteiger partial charge in [-0.25, -0.2) is 9.78 Å². The topological polar surface area (TPSA) is 96.6 Å². The number of urea groups is 1. The first-order chi connectivity index (χ1) is 26.2. The SMILES string of the molecule is C=CN(/C(=C(\C)c1ccccc1)c1c(C(=O)Nc2cccnc2N2CCN(C(=O)NC3CCCC3)CC2)[nH]c2cc(Cl)ccc12)C(C)c1ccc(Cl)cc1. The monoisotopic (exact) mass is 761 g/mol. The normalized spacial score (nSPS) is 15.9. The molecule has 1 aliphatic heterocycles. The van der Waals surface area contributed by atoms with Crippen molar-refractivity contribution in [3.63, 3.8) is 0 Å². The number of nitrogens with one attached hydrogen (secondary N) is 3. The minimum Gasteiger partial charge on any atom is -0.351 e. The van der Waals surface area contributed by atoms with E-state index in [2.05, 4.69) is 58.0 Å². The lowest BCUT2D eigenvalue weighted by Gasteiger charge is -2.36. The molecule has 1 saturated heterocycles. The zero-order chi connectivity index (χ0) is 37.8. The van der Waals surface area contributed by atoms with Crippen molar-refractivity contribution < 1.29 is 9.59 Å². The van der Waals surface area contributed by atoms with E-state index < -0.39 is 0 Å². The van der Waals surface area contributed by atoms with E-state index in [0.717, 1.165) is 46.1 Å². The third-order valence-corrected chi connectivity index (χ3v) is 11.1. The Bertz CT molecular complexity index is 2170. The standard InChI is InChI=1S/C43H45Cl2N7O2/c1-4-52(29(3)31-16-18-32(44)19-17-31)40(28(2)30-11-6-5-7-12-30)38-35-21-20-33(45)27-37(35)48-39(38)42(53)49-36-15-10-22-46-41(36)50-23-25-51(26-24-50)43(54)47-34-13-8-9-14-34/h4-7,10-12,15-22,27,29,34,48H,1,8-9,13-14,23-26H2,2-3H3,(H,47,54)(H,49,53)/b40-28+. The second kappa shape index (κ2) is 16.4. The zero-order valence-electron chi connectivity index (χ0n) is 30.6. The molecule has 2 aromatic heterocycles. The average molecular weight is 763 g/mol. The smallest absolute Gasteiger partial charge is 0.317 e. The van der Waals surface area contributed by atoms with Gasteiger partial charge >= 0.3 is 6.03 Å². The van der Waals surface area contributed by atoms with Crippen LogP contribution in [0.4, 0.5) is 16.3 Å². The van der Waals surface area contributed by atoms with E-state index in [0.29, 0.717) is 59.0 Å². The number of carbonyl (C=O) groups excluding carboxylic acids is 2. The Morgan fingerprint density at radius 3 is 2.35 bits per heavy atom. The summed E-state index contributed by atoms with van der Waals surface area (Å²) in [6.45, 7) is 10.7. The van der Waals surface area contributed by atoms with Crippen LogP contribution < -0.4 is 15.5 Å². The van der Waals surface area contributed by atoms with Crippen molar-refractivity contribution >= 4 is 68.8 Å². The third-order valence-electron chi connectivity index (χ3n) is 10.6. The minimum atomic E-state index is -0.331. The first-order valence-corrected chi connectivity index (χ1v) is 19.3. The maximum atomic E-state index is 14.7. The summed E-state index contributed by atoms with van der Waals surface area (Å²) in [7, 11) is 0. The number of halogens is 2. The summed E-state index contributed by atoms with van der Waals surface area (Å²) in [6, 6.07) is 27.3. The highest BCUT2D eigenvalue weighted by Gasteiger charge is 2.30. The predicted octanol–water partition coefficient (Wildman–Crippen LogP) is 9.99. The average Bonchev–Trinajstić information content (AvgIpc) is 3.85. The summed E-state index contributed by atoms with van der Waals surface area (Å²) in [5.41, 5.74) is 6.20. The quantitative estimate of drug-likeness (QED) is 0.132. The van der Waals surface area contributed by atoms with E-state index in [4.69, 9.17) is 28.2 Å². The number of H-pyrrole nitrogens is 1. The van der Waals surface area contributed by atoms with Crippen LogP contribution in [0.15, 0.2) is 104 Å². The van der Waals surface area contributed by atoms with Gasteiger partial charge in [0.05, 0.1) is 17.4 Å². The number of fused-ring (bicyclic) bond motifs is 1. The van der Waals surface area contributed by atoms with Crippen LogP contribution in [0.5, 0.6) is 0 Å². The number of allylic oxidation sites excluding steroid dienone is 1. The Morgan fingerprint density at radius 1 is 0.944 bits per heavy atom. The lowest BCUT2D eigenvalue weighted by atomic mass is 9.95. The fourth-order valence-corrected chi connectivity index (χ4v) is 7.95. The largest absolute Gasteiger partial charge is 0.351 e. The number of rotatable bonds is 10. The van der Waals surface area contributed by atoms with Crippen molar-refractivity contribution in [1.82, 2.24) is 25.1 Å². The van der Waals surface area contributed by atoms with Crippen LogP contribution in [0.1, 0.15) is 72.8 Å². The molecule has 54 heavy (non-hydrogen) atoms. The summed E-state index contributed by atoms with van der Waals surface area (Å²) < 4.78 is 0. The fraction of sp³-hybridized carbons (Fsp3) is 0.279. The molecule has 2 fully saturated rings. The van der Waals surface area contributed by atoms with Crippen molar-refractivity contribution in [2.24, 2.45) is 0 Å². The van der Waals surface area contributed by atoms with E-state index in [1.54, 1.807) is 6.20 Å². The maximum Gasteiger partial charge on any atom is 0.317 e. The van der Waals surface area contributed by atoms with Gasteiger partial charge in [-0.15, -0.1) is 0 Å². The van der Waals surface area contributed by atoms with Gasteiger partial charge in [-0.05, 0) is 86.0 Å². The molecule has 3 aromatic carbocycles. The molecule has 0 bridgehead atoms. The van der Waals surface area contributed by atoms with Gasteiger partial charge in [0.15, 0.2) is 5.82 Å². The van der Waals surface area contributed by atoms with Crippen LogP contribution in [0.3, 0.4) is 0 Å². The van der Waals surface area contributed by atoms with Crippen molar-refractivity contribution in [3.8, 4) is 0 Å². The van der Waals surface area contributed by atoms with Crippen LogP contribution in [-0.4, -0.2) is 63.9 Å². The van der Waals surface area contributed by atoms with Gasteiger partial charge in [0, 0.05) is 64.9 Å². The highest BCUT2D eigenvalue weighted by Crippen LogP contribution is 2.41. The van der Waals surface area contributed by atoms with Gasteiger partial charge in [0.25, 0.3) is 5.91 Å². The van der Waals surface area contributed by atoms with E-state index >= 15 is 0 Å². The number of piperazine rings is 1. The summed E-state index contributed by atoms with van der Waals surface area (Å²) in [6.07, 6.45) is 7.96. The van der Waals surface area contributed by atoms with Crippen molar-refractivity contribution in [3.05, 3.63) is 136 Å². The lowest BCUT2D eigenvalue weighted by Crippen LogP contribution is -2.53. The minimum absolute atomic E-state index is 0.00357. The van der Waals surface area contributed by atoms with Crippen LogP contribution in [0.2, 0.25) is 10.0 Å². The first kappa shape index (κ1) is 37.1. The molecule has 3 heterocycles. The Balaban J connectivity index is 1.25. The number of aromatic amines is 1. The predicted molar refractivity (Wildman–Crippen MR) is 221 cm³/mol. The summed E-state index contributed by atoms with van der Waals surface area (Å²) in [4.78, 5) is 41.9. The molecule has 9 nitrogen and oxygen atoms in total. The third kappa shape index (κ3) is 7.84. The van der Waals surface area contributed by atoms with Crippen LogP contribution in [0, 0.1) is 0 Å². The number of benzene rings is 3. The van der Waals surface area contributed by atoms with E-state index in [1.165, 1.54) is 12.8 Å².